The lowest BCUT2D eigenvalue weighted by Gasteiger charge is -2.27. The molecule has 0 fully saturated rings. The van der Waals surface area contributed by atoms with Crippen LogP contribution in [0.1, 0.15) is 27.7 Å². The number of nitrogens with two attached hydrogens (primary N) is 1. The van der Waals surface area contributed by atoms with E-state index in [2.05, 4.69) is 33.0 Å². The molecule has 0 saturated carbocycles. The normalized spacial score (nSPS) is 13.8. The predicted octanol–water partition coefficient (Wildman–Crippen LogP) is 0.841. The lowest BCUT2D eigenvalue weighted by Crippen LogP contribution is -2.43. The van der Waals surface area contributed by atoms with Gasteiger partial charge in [-0.1, -0.05) is 27.7 Å². The van der Waals surface area contributed by atoms with E-state index < -0.39 is 0 Å². The first-order valence-electron chi connectivity index (χ1n) is 4.12. The Kier molecular flexibility index (Phi) is 4.03. The van der Waals surface area contributed by atoms with E-state index in [0.29, 0.717) is 12.5 Å². The van der Waals surface area contributed by atoms with Crippen molar-refractivity contribution >= 4 is 6.03 Å². The van der Waals surface area contributed by atoms with E-state index in [1.807, 2.05) is 5.43 Å². The van der Waals surface area contributed by atoms with Crippen LogP contribution in [0.15, 0.2) is 0 Å². The highest BCUT2D eigenvalue weighted by molar-refractivity contribution is 5.72. The number of carbonyl (C=O) groups excluding carboxylic acids is 1. The highest BCUT2D eigenvalue weighted by Crippen LogP contribution is 2.24. The number of rotatable bonds is 2. The Hall–Kier alpha value is -0.770. The van der Waals surface area contributed by atoms with Crippen LogP contribution in [0.3, 0.4) is 0 Å². The fourth-order valence-corrected chi connectivity index (χ4v) is 0.603. The minimum Gasteiger partial charge on any atom is -0.337 e. The van der Waals surface area contributed by atoms with Gasteiger partial charge in [0.2, 0.25) is 0 Å². The molecular formula is C8H19N3O. The van der Waals surface area contributed by atoms with E-state index >= 15 is 0 Å². The fraction of sp³-hybridized carbons (Fsp3) is 0.875. The van der Waals surface area contributed by atoms with Crippen molar-refractivity contribution in [3.05, 3.63) is 0 Å². The summed E-state index contributed by atoms with van der Waals surface area (Å²) >= 11 is 0. The maximum atomic E-state index is 10.7. The molecule has 4 N–H and O–H groups in total. The molecular weight excluding hydrogens is 154 g/mol. The van der Waals surface area contributed by atoms with E-state index in [1.54, 1.807) is 0 Å². The first-order chi connectivity index (χ1) is 5.38. The zero-order valence-corrected chi connectivity index (χ0v) is 8.27. The Morgan fingerprint density at radius 2 is 2.00 bits per heavy atom. The Morgan fingerprint density at radius 3 is 2.33 bits per heavy atom. The van der Waals surface area contributed by atoms with Gasteiger partial charge in [0.05, 0.1) is 0 Å². The number of urea groups is 1. The van der Waals surface area contributed by atoms with Gasteiger partial charge in [-0.3, -0.25) is 5.43 Å². The molecule has 12 heavy (non-hydrogen) atoms. The predicted molar refractivity (Wildman–Crippen MR) is 49.3 cm³/mol. The molecule has 1 unspecified atom stereocenters. The Labute approximate surface area is 73.9 Å². The van der Waals surface area contributed by atoms with Crippen molar-refractivity contribution in [3.63, 3.8) is 0 Å². The monoisotopic (exact) mass is 173 g/mol. The third-order valence-corrected chi connectivity index (χ3v) is 2.18. The summed E-state index contributed by atoms with van der Waals surface area (Å²) in [5.74, 6) is 5.33. The number of hydrazine groups is 1. The molecule has 0 aromatic carbocycles. The summed E-state index contributed by atoms with van der Waals surface area (Å²) in [6, 6.07) is -0.328. The van der Waals surface area contributed by atoms with Gasteiger partial charge < -0.3 is 5.32 Å². The number of nitrogens with one attached hydrogen (secondary N) is 2. The summed E-state index contributed by atoms with van der Waals surface area (Å²) in [4.78, 5) is 10.7. The maximum absolute atomic E-state index is 10.7. The van der Waals surface area contributed by atoms with Crippen molar-refractivity contribution in [3.8, 4) is 0 Å². The van der Waals surface area contributed by atoms with Gasteiger partial charge in [0, 0.05) is 6.54 Å². The SMILES string of the molecule is CC(CNC(=O)NN)C(C)(C)C. The third-order valence-electron chi connectivity index (χ3n) is 2.18. The lowest BCUT2D eigenvalue weighted by molar-refractivity contribution is 0.225. The van der Waals surface area contributed by atoms with Crippen LogP contribution in [-0.2, 0) is 0 Å². The van der Waals surface area contributed by atoms with Gasteiger partial charge in [-0.05, 0) is 11.3 Å². The smallest absolute Gasteiger partial charge is 0.328 e. The van der Waals surface area contributed by atoms with Gasteiger partial charge in [0.25, 0.3) is 0 Å². The molecule has 0 rings (SSSR count). The van der Waals surface area contributed by atoms with Crippen molar-refractivity contribution in [2.45, 2.75) is 27.7 Å². The van der Waals surface area contributed by atoms with Gasteiger partial charge in [0.1, 0.15) is 0 Å². The van der Waals surface area contributed by atoms with Crippen LogP contribution in [0.4, 0.5) is 4.79 Å². The Balaban J connectivity index is 3.72. The average Bonchev–Trinajstić information content (AvgIpc) is 1.97. The molecule has 0 aromatic heterocycles. The molecule has 0 heterocycles. The van der Waals surface area contributed by atoms with E-state index in [-0.39, 0.29) is 11.4 Å². The molecule has 0 bridgehead atoms. The molecule has 0 aromatic rings. The summed E-state index contributed by atoms with van der Waals surface area (Å²) < 4.78 is 0. The van der Waals surface area contributed by atoms with Crippen LogP contribution in [0, 0.1) is 11.3 Å². The average molecular weight is 173 g/mol. The van der Waals surface area contributed by atoms with Crippen LogP contribution in [-0.4, -0.2) is 12.6 Å². The molecule has 0 aliphatic carbocycles. The summed E-state index contributed by atoms with van der Waals surface area (Å²) in [7, 11) is 0. The van der Waals surface area contributed by atoms with Crippen molar-refractivity contribution in [1.82, 2.24) is 10.7 Å². The first kappa shape index (κ1) is 11.2. The van der Waals surface area contributed by atoms with E-state index in [4.69, 9.17) is 5.84 Å². The fourth-order valence-electron chi connectivity index (χ4n) is 0.603. The minimum absolute atomic E-state index is 0.210. The van der Waals surface area contributed by atoms with Crippen LogP contribution >= 0.6 is 0 Å². The summed E-state index contributed by atoms with van der Waals surface area (Å²) in [5.41, 5.74) is 2.23. The third kappa shape index (κ3) is 4.18. The molecule has 0 spiro atoms. The summed E-state index contributed by atoms with van der Waals surface area (Å²) in [6.07, 6.45) is 0. The maximum Gasteiger partial charge on any atom is 0.328 e. The number of hydrogen-bond acceptors (Lipinski definition) is 2. The van der Waals surface area contributed by atoms with Crippen molar-refractivity contribution in [1.29, 1.82) is 0 Å². The molecule has 0 aliphatic rings. The van der Waals surface area contributed by atoms with Gasteiger partial charge in [-0.15, -0.1) is 0 Å². The second kappa shape index (κ2) is 4.30. The Bertz CT molecular complexity index is 151. The lowest BCUT2D eigenvalue weighted by atomic mass is 9.82. The summed E-state index contributed by atoms with van der Waals surface area (Å²) in [6.45, 7) is 9.16. The quantitative estimate of drug-likeness (QED) is 0.329. The van der Waals surface area contributed by atoms with E-state index in [0.717, 1.165) is 0 Å². The molecule has 72 valence electrons. The molecule has 4 heteroatoms. The zero-order valence-electron chi connectivity index (χ0n) is 8.27. The molecule has 1 atom stereocenters. The Morgan fingerprint density at radius 1 is 1.50 bits per heavy atom. The summed E-state index contributed by atoms with van der Waals surface area (Å²) in [5, 5.41) is 2.66. The van der Waals surface area contributed by atoms with E-state index in [9.17, 15) is 4.79 Å². The molecule has 0 aliphatic heterocycles. The van der Waals surface area contributed by atoms with Crippen LogP contribution < -0.4 is 16.6 Å². The highest BCUT2D eigenvalue weighted by atomic mass is 16.2. The van der Waals surface area contributed by atoms with Crippen LogP contribution in [0.5, 0.6) is 0 Å². The molecule has 0 radical (unpaired) electrons. The number of hydrogen-bond donors (Lipinski definition) is 3. The van der Waals surface area contributed by atoms with Crippen LogP contribution in [0.25, 0.3) is 0 Å². The minimum atomic E-state index is -0.328. The molecule has 2 amide bonds. The van der Waals surface area contributed by atoms with Gasteiger partial charge in [-0.2, -0.15) is 0 Å². The standard InChI is InChI=1S/C8H19N3O/c1-6(8(2,3)4)5-10-7(12)11-9/h6H,5,9H2,1-4H3,(H2,10,11,12). The molecule has 4 nitrogen and oxygen atoms in total. The van der Waals surface area contributed by atoms with Crippen molar-refractivity contribution < 1.29 is 4.79 Å². The largest absolute Gasteiger partial charge is 0.337 e. The number of carbonyl (C=O) groups is 1. The van der Waals surface area contributed by atoms with Gasteiger partial charge in [-0.25, -0.2) is 10.6 Å². The molecule has 0 saturated heterocycles. The van der Waals surface area contributed by atoms with E-state index in [1.165, 1.54) is 0 Å². The highest BCUT2D eigenvalue weighted by Gasteiger charge is 2.19. The second-order valence-electron chi connectivity index (χ2n) is 4.12. The van der Waals surface area contributed by atoms with Crippen molar-refractivity contribution in [2.24, 2.45) is 17.2 Å². The van der Waals surface area contributed by atoms with Gasteiger partial charge >= 0.3 is 6.03 Å². The van der Waals surface area contributed by atoms with Crippen molar-refractivity contribution in [2.75, 3.05) is 6.54 Å². The van der Waals surface area contributed by atoms with Crippen LogP contribution in [0.2, 0.25) is 0 Å². The zero-order chi connectivity index (χ0) is 9.78. The van der Waals surface area contributed by atoms with Gasteiger partial charge in [0.15, 0.2) is 0 Å². The first-order valence-corrected chi connectivity index (χ1v) is 4.12. The second-order valence-corrected chi connectivity index (χ2v) is 4.12. The topological polar surface area (TPSA) is 67.2 Å². The number of amides is 2.